The number of aromatic carboxylic acids is 1. The number of carbonyl (C=O) groups excluding carboxylic acids is 1. The molecular formula is C24H25N3O5. The number of amides is 1. The van der Waals surface area contributed by atoms with Crippen LogP contribution in [0.2, 0.25) is 0 Å². The van der Waals surface area contributed by atoms with E-state index in [9.17, 15) is 19.8 Å². The maximum Gasteiger partial charge on any atom is 0.336 e. The minimum absolute atomic E-state index is 0.0797. The average Bonchev–Trinajstić information content (AvgIpc) is 2.80. The molecule has 1 fully saturated rings. The monoisotopic (exact) mass is 435 g/mol. The lowest BCUT2D eigenvalue weighted by Gasteiger charge is -2.35. The maximum atomic E-state index is 12.6. The number of nitrogens with zero attached hydrogens (tertiary/aromatic N) is 3. The number of fused-ring (bicyclic) bond motifs is 1. The molecule has 1 saturated heterocycles. The van der Waals surface area contributed by atoms with Gasteiger partial charge in [0.2, 0.25) is 5.91 Å². The van der Waals surface area contributed by atoms with Gasteiger partial charge in [0, 0.05) is 42.7 Å². The minimum atomic E-state index is -1.04. The van der Waals surface area contributed by atoms with E-state index in [1.807, 2.05) is 41.3 Å². The number of carbonyl (C=O) groups is 2. The predicted molar refractivity (Wildman–Crippen MR) is 119 cm³/mol. The van der Waals surface area contributed by atoms with Crippen molar-refractivity contribution in [1.29, 1.82) is 0 Å². The Labute approximate surface area is 185 Å². The number of piperazine rings is 1. The van der Waals surface area contributed by atoms with Crippen LogP contribution in [0.5, 0.6) is 0 Å². The smallest absolute Gasteiger partial charge is 0.336 e. The highest BCUT2D eigenvalue weighted by Crippen LogP contribution is 2.31. The molecule has 4 rings (SSSR count). The highest BCUT2D eigenvalue weighted by Gasteiger charge is 2.28. The molecule has 3 N–H and O–H groups in total. The van der Waals surface area contributed by atoms with Crippen LogP contribution in [0.1, 0.15) is 15.9 Å². The zero-order valence-electron chi connectivity index (χ0n) is 17.5. The summed E-state index contributed by atoms with van der Waals surface area (Å²) in [6.07, 6.45) is -0.974. The van der Waals surface area contributed by atoms with Crippen molar-refractivity contribution in [2.75, 3.05) is 32.8 Å². The summed E-state index contributed by atoms with van der Waals surface area (Å²) < 4.78 is 0. The second-order valence-corrected chi connectivity index (χ2v) is 7.89. The number of pyridine rings is 1. The molecule has 1 amide bonds. The Balaban J connectivity index is 1.72. The number of benzene rings is 2. The Morgan fingerprint density at radius 3 is 2.47 bits per heavy atom. The largest absolute Gasteiger partial charge is 0.478 e. The van der Waals surface area contributed by atoms with Gasteiger partial charge in [0.15, 0.2) is 0 Å². The van der Waals surface area contributed by atoms with E-state index < -0.39 is 18.7 Å². The Kier molecular flexibility index (Phi) is 6.45. The number of aliphatic hydroxyl groups excluding tert-OH is 2. The molecule has 0 bridgehead atoms. The van der Waals surface area contributed by atoms with E-state index in [1.54, 1.807) is 18.2 Å². The molecule has 0 spiro atoms. The quantitative estimate of drug-likeness (QED) is 0.516. The average molecular weight is 435 g/mol. The fraction of sp³-hybridized carbons (Fsp3) is 0.292. The number of β-amino-alcohol motifs (C(OH)–C–C–N with tert-alkyl or cyclic N) is 1. The Hall–Kier alpha value is -3.33. The summed E-state index contributed by atoms with van der Waals surface area (Å²) in [6, 6.07) is 16.6. The second-order valence-electron chi connectivity index (χ2n) is 7.89. The van der Waals surface area contributed by atoms with E-state index in [0.717, 1.165) is 5.56 Å². The van der Waals surface area contributed by atoms with Crippen LogP contribution in [-0.2, 0) is 11.3 Å². The van der Waals surface area contributed by atoms with Crippen molar-refractivity contribution < 1.29 is 24.9 Å². The maximum absolute atomic E-state index is 12.6. The SMILES string of the molecule is O=C(O)c1c(CN2CCN(C[C@H](O)CO)C(=O)C2)c(-c2ccccc2)nc2ccccc12. The number of carboxylic acids is 1. The van der Waals surface area contributed by atoms with Crippen molar-refractivity contribution in [2.45, 2.75) is 12.6 Å². The number of para-hydroxylation sites is 1. The molecule has 0 unspecified atom stereocenters. The molecule has 0 saturated carbocycles. The van der Waals surface area contributed by atoms with Gasteiger partial charge in [-0.3, -0.25) is 9.69 Å². The van der Waals surface area contributed by atoms with Gasteiger partial charge in [-0.25, -0.2) is 9.78 Å². The summed E-state index contributed by atoms with van der Waals surface area (Å²) in [5.74, 6) is -1.21. The lowest BCUT2D eigenvalue weighted by molar-refractivity contribution is -0.138. The summed E-state index contributed by atoms with van der Waals surface area (Å²) in [7, 11) is 0. The first-order valence-electron chi connectivity index (χ1n) is 10.5. The number of carboxylic acid groups (broad SMARTS) is 1. The van der Waals surface area contributed by atoms with Crippen LogP contribution >= 0.6 is 0 Å². The highest BCUT2D eigenvalue weighted by atomic mass is 16.4. The van der Waals surface area contributed by atoms with Crippen LogP contribution in [0.15, 0.2) is 54.6 Å². The fourth-order valence-corrected chi connectivity index (χ4v) is 4.11. The van der Waals surface area contributed by atoms with Crippen LogP contribution in [0.25, 0.3) is 22.2 Å². The zero-order valence-corrected chi connectivity index (χ0v) is 17.5. The Morgan fingerprint density at radius 1 is 1.06 bits per heavy atom. The van der Waals surface area contributed by atoms with Gasteiger partial charge in [0.05, 0.1) is 36.0 Å². The molecule has 8 heteroatoms. The highest BCUT2D eigenvalue weighted by molar-refractivity contribution is 6.05. The third-order valence-electron chi connectivity index (χ3n) is 5.68. The van der Waals surface area contributed by atoms with Gasteiger partial charge < -0.3 is 20.2 Å². The molecule has 1 aliphatic heterocycles. The van der Waals surface area contributed by atoms with E-state index >= 15 is 0 Å². The summed E-state index contributed by atoms with van der Waals surface area (Å²) in [5.41, 5.74) is 2.77. The van der Waals surface area contributed by atoms with E-state index in [1.165, 1.54) is 4.90 Å². The third kappa shape index (κ3) is 4.47. The van der Waals surface area contributed by atoms with Crippen molar-refractivity contribution >= 4 is 22.8 Å². The van der Waals surface area contributed by atoms with Crippen molar-refractivity contribution in [3.63, 3.8) is 0 Å². The minimum Gasteiger partial charge on any atom is -0.478 e. The van der Waals surface area contributed by atoms with Gasteiger partial charge >= 0.3 is 5.97 Å². The van der Waals surface area contributed by atoms with Gasteiger partial charge in [0.1, 0.15) is 0 Å². The normalized spacial score (nSPS) is 15.8. The van der Waals surface area contributed by atoms with Crippen molar-refractivity contribution in [3.05, 3.63) is 65.7 Å². The molecule has 3 aromatic rings. The molecule has 2 aromatic carbocycles. The summed E-state index contributed by atoms with van der Waals surface area (Å²) in [4.78, 5) is 33.2. The molecule has 1 aromatic heterocycles. The number of rotatable bonds is 7. The van der Waals surface area contributed by atoms with Crippen LogP contribution in [0.4, 0.5) is 0 Å². The first-order valence-corrected chi connectivity index (χ1v) is 10.5. The molecule has 2 heterocycles. The van der Waals surface area contributed by atoms with E-state index in [-0.39, 0.29) is 31.1 Å². The second kappa shape index (κ2) is 9.44. The topological polar surface area (TPSA) is 114 Å². The Bertz CT molecular complexity index is 1140. The van der Waals surface area contributed by atoms with Gasteiger partial charge in [-0.2, -0.15) is 0 Å². The zero-order chi connectivity index (χ0) is 22.7. The van der Waals surface area contributed by atoms with Gasteiger partial charge in [-0.05, 0) is 6.07 Å². The predicted octanol–water partition coefficient (Wildman–Crippen LogP) is 1.60. The summed E-state index contributed by atoms with van der Waals surface area (Å²) >= 11 is 0. The van der Waals surface area contributed by atoms with Crippen molar-refractivity contribution in [3.8, 4) is 11.3 Å². The molecule has 32 heavy (non-hydrogen) atoms. The molecule has 8 nitrogen and oxygen atoms in total. The third-order valence-corrected chi connectivity index (χ3v) is 5.68. The first kappa shape index (κ1) is 21.9. The lowest BCUT2D eigenvalue weighted by atomic mass is 9.96. The van der Waals surface area contributed by atoms with Crippen LogP contribution < -0.4 is 0 Å². The fourth-order valence-electron chi connectivity index (χ4n) is 4.11. The molecule has 0 aliphatic carbocycles. The van der Waals surface area contributed by atoms with E-state index in [0.29, 0.717) is 35.2 Å². The summed E-state index contributed by atoms with van der Waals surface area (Å²) in [6.45, 7) is 0.934. The van der Waals surface area contributed by atoms with Crippen LogP contribution in [0.3, 0.4) is 0 Å². The first-order chi connectivity index (χ1) is 15.5. The van der Waals surface area contributed by atoms with Gasteiger partial charge in [-0.15, -0.1) is 0 Å². The number of hydrogen-bond acceptors (Lipinski definition) is 6. The number of aromatic nitrogens is 1. The number of hydrogen-bond donors (Lipinski definition) is 3. The molecular weight excluding hydrogens is 410 g/mol. The van der Waals surface area contributed by atoms with Crippen LogP contribution in [0, 0.1) is 0 Å². The van der Waals surface area contributed by atoms with Gasteiger partial charge in [-0.1, -0.05) is 48.5 Å². The Morgan fingerprint density at radius 2 is 1.78 bits per heavy atom. The van der Waals surface area contributed by atoms with E-state index in [2.05, 4.69) is 0 Å². The van der Waals surface area contributed by atoms with Crippen molar-refractivity contribution in [2.24, 2.45) is 0 Å². The molecule has 1 aliphatic rings. The molecule has 0 radical (unpaired) electrons. The molecule has 166 valence electrons. The van der Waals surface area contributed by atoms with E-state index in [4.69, 9.17) is 10.1 Å². The van der Waals surface area contributed by atoms with Gasteiger partial charge in [0.25, 0.3) is 0 Å². The summed E-state index contributed by atoms with van der Waals surface area (Å²) in [5, 5.41) is 29.4. The standard InChI is InChI=1S/C24H25N3O5/c28-15-17(29)12-27-11-10-26(14-21(27)30)13-19-22(24(31)32)18-8-4-5-9-20(18)25-23(19)16-6-2-1-3-7-16/h1-9,17,28-29H,10-15H2,(H,31,32)/t17-/m0/s1. The number of aliphatic hydroxyl groups is 2. The molecule has 1 atom stereocenters. The lowest BCUT2D eigenvalue weighted by Crippen LogP contribution is -2.52. The van der Waals surface area contributed by atoms with Crippen molar-refractivity contribution in [1.82, 2.24) is 14.8 Å². The van der Waals surface area contributed by atoms with Crippen LogP contribution in [-0.4, -0.2) is 80.9 Å².